The quantitative estimate of drug-likeness (QED) is 0.0195. The van der Waals surface area contributed by atoms with Crippen LogP contribution >= 0.6 is 0 Å². The van der Waals surface area contributed by atoms with Gasteiger partial charge in [0.15, 0.2) is 6.29 Å². The van der Waals surface area contributed by atoms with E-state index in [1.807, 2.05) is 6.08 Å². The molecule has 0 aliphatic carbocycles. The number of carbonyl (C=O) groups excluding carboxylic acids is 2. The van der Waals surface area contributed by atoms with Gasteiger partial charge in [-0.05, 0) is 109 Å². The van der Waals surface area contributed by atoms with Crippen LogP contribution in [0.3, 0.4) is 0 Å². The van der Waals surface area contributed by atoms with Crippen molar-refractivity contribution in [3.05, 3.63) is 72.9 Å². The van der Waals surface area contributed by atoms with Gasteiger partial charge in [0.25, 0.3) is 0 Å². The van der Waals surface area contributed by atoms with Gasteiger partial charge in [-0.25, -0.2) is 0 Å². The second kappa shape index (κ2) is 75.3. The fourth-order valence-electron chi connectivity index (χ4n) is 13.2. The molecule has 1 heterocycles. The van der Waals surface area contributed by atoms with E-state index in [4.69, 9.17) is 14.2 Å². The molecular weight excluding hydrogens is 1220 g/mol. The number of aliphatic hydroxyl groups excluding tert-OH is 5. The smallest absolute Gasteiger partial charge is 0.305 e. The van der Waals surface area contributed by atoms with Crippen LogP contribution in [0.2, 0.25) is 0 Å². The Bertz CT molecular complexity index is 1860. The molecular formula is C87H159NO10. The van der Waals surface area contributed by atoms with E-state index in [0.717, 1.165) is 70.6 Å². The third kappa shape index (κ3) is 62.8. The lowest BCUT2D eigenvalue weighted by molar-refractivity contribution is -0.302. The predicted octanol–water partition coefficient (Wildman–Crippen LogP) is 23.4. The summed E-state index contributed by atoms with van der Waals surface area (Å²) in [5.41, 5.74) is 0. The molecule has 572 valence electrons. The van der Waals surface area contributed by atoms with Crippen molar-refractivity contribution in [3.8, 4) is 0 Å². The first-order chi connectivity index (χ1) is 48.2. The maximum atomic E-state index is 13.1. The van der Waals surface area contributed by atoms with Gasteiger partial charge in [-0.15, -0.1) is 0 Å². The van der Waals surface area contributed by atoms with E-state index >= 15 is 0 Å². The number of aliphatic hydroxyl groups is 5. The van der Waals surface area contributed by atoms with E-state index in [1.165, 1.54) is 308 Å². The molecule has 7 atom stereocenters. The molecule has 1 aliphatic rings. The van der Waals surface area contributed by atoms with E-state index in [9.17, 15) is 35.1 Å². The number of unbranched alkanes of at least 4 members (excludes halogenated alkanes) is 51. The zero-order chi connectivity index (χ0) is 70.8. The highest BCUT2D eigenvalue weighted by Crippen LogP contribution is 2.24. The third-order valence-corrected chi connectivity index (χ3v) is 19.8. The summed E-state index contributed by atoms with van der Waals surface area (Å²) in [6, 6.07) is -0.827. The van der Waals surface area contributed by atoms with Crippen molar-refractivity contribution in [2.24, 2.45) is 0 Å². The van der Waals surface area contributed by atoms with Gasteiger partial charge in [0.2, 0.25) is 5.91 Å². The van der Waals surface area contributed by atoms with Crippen LogP contribution in [0.15, 0.2) is 72.9 Å². The minimum atomic E-state index is -1.58. The molecule has 0 spiro atoms. The first kappa shape index (κ1) is 93.1. The molecule has 11 nitrogen and oxygen atoms in total. The monoisotopic (exact) mass is 1380 g/mol. The minimum absolute atomic E-state index is 0.00679. The van der Waals surface area contributed by atoms with Gasteiger partial charge in [0, 0.05) is 12.8 Å². The maximum Gasteiger partial charge on any atom is 0.305 e. The number of allylic oxidation sites excluding steroid dienone is 11. The van der Waals surface area contributed by atoms with Crippen LogP contribution in [-0.4, -0.2) is 100 Å². The summed E-state index contributed by atoms with van der Waals surface area (Å²) in [7, 11) is 0. The predicted molar refractivity (Wildman–Crippen MR) is 416 cm³/mol. The molecule has 7 unspecified atom stereocenters. The van der Waals surface area contributed by atoms with Crippen molar-refractivity contribution in [1.29, 1.82) is 0 Å². The number of nitrogens with one attached hydrogen (secondary N) is 1. The SMILES string of the molecule is CCCCC/C=C\C/C=C\CCCCCCCCCC(=O)OCCCCCCCCCCCCCCCCC/C=C\C/C=C\CCCCCCCCCCCCCCCCCCCC(=O)NC(COC1OC(CO)C(O)C(O)C1O)C(O)/C=C/CC/C=C/CCCCCCCCCC. The molecule has 0 saturated carbocycles. The Morgan fingerprint density at radius 1 is 0.378 bits per heavy atom. The number of amides is 1. The topological polar surface area (TPSA) is 175 Å². The van der Waals surface area contributed by atoms with Gasteiger partial charge in [-0.1, -0.05) is 356 Å². The number of hydrogen-bond donors (Lipinski definition) is 6. The van der Waals surface area contributed by atoms with Gasteiger partial charge < -0.3 is 45.1 Å². The summed E-state index contributed by atoms with van der Waals surface area (Å²) in [4.78, 5) is 25.2. The van der Waals surface area contributed by atoms with Crippen LogP contribution in [0.4, 0.5) is 0 Å². The average molecular weight is 1380 g/mol. The number of esters is 1. The Labute approximate surface area is 604 Å². The molecule has 0 aromatic carbocycles. The van der Waals surface area contributed by atoms with E-state index in [1.54, 1.807) is 6.08 Å². The Kier molecular flexibility index (Phi) is 71.5. The fourth-order valence-corrected chi connectivity index (χ4v) is 13.2. The van der Waals surface area contributed by atoms with Gasteiger partial charge >= 0.3 is 5.97 Å². The number of hydrogen-bond acceptors (Lipinski definition) is 10. The summed E-state index contributed by atoms with van der Waals surface area (Å²) >= 11 is 0. The van der Waals surface area contributed by atoms with E-state index in [2.05, 4.69) is 79.9 Å². The second-order valence-electron chi connectivity index (χ2n) is 29.2. The Hall–Kier alpha value is -2.90. The first-order valence-corrected chi connectivity index (χ1v) is 42.2. The van der Waals surface area contributed by atoms with Crippen molar-refractivity contribution in [3.63, 3.8) is 0 Å². The highest BCUT2D eigenvalue weighted by atomic mass is 16.7. The summed E-state index contributed by atoms with van der Waals surface area (Å²) in [6.07, 6.45) is 93.7. The molecule has 0 bridgehead atoms. The Balaban J connectivity index is 1.90. The molecule has 6 N–H and O–H groups in total. The summed E-state index contributed by atoms with van der Waals surface area (Å²) in [5.74, 6) is -0.180. The van der Waals surface area contributed by atoms with Crippen LogP contribution in [0.25, 0.3) is 0 Å². The van der Waals surface area contributed by atoms with Crippen molar-refractivity contribution in [1.82, 2.24) is 5.32 Å². The molecule has 98 heavy (non-hydrogen) atoms. The highest BCUT2D eigenvalue weighted by molar-refractivity contribution is 5.76. The highest BCUT2D eigenvalue weighted by Gasteiger charge is 2.44. The molecule has 11 heteroatoms. The van der Waals surface area contributed by atoms with Crippen molar-refractivity contribution in [2.75, 3.05) is 19.8 Å². The molecule has 1 fully saturated rings. The molecule has 1 rings (SSSR count). The van der Waals surface area contributed by atoms with Gasteiger partial charge in [-0.3, -0.25) is 9.59 Å². The van der Waals surface area contributed by atoms with Crippen LogP contribution in [-0.2, 0) is 23.8 Å². The third-order valence-electron chi connectivity index (χ3n) is 19.8. The normalized spacial score (nSPS) is 17.6. The van der Waals surface area contributed by atoms with Crippen molar-refractivity contribution < 1.29 is 49.3 Å². The number of ether oxygens (including phenoxy) is 3. The van der Waals surface area contributed by atoms with Gasteiger partial charge in [0.05, 0.1) is 32.0 Å². The Morgan fingerprint density at radius 2 is 0.694 bits per heavy atom. The largest absolute Gasteiger partial charge is 0.466 e. The lowest BCUT2D eigenvalue weighted by atomic mass is 9.99. The van der Waals surface area contributed by atoms with Crippen molar-refractivity contribution >= 4 is 11.9 Å². The summed E-state index contributed by atoms with van der Waals surface area (Å²) in [5, 5.41) is 54.6. The molecule has 0 aromatic heterocycles. The van der Waals surface area contributed by atoms with Crippen LogP contribution in [0, 0.1) is 0 Å². The number of rotatable bonds is 75. The van der Waals surface area contributed by atoms with E-state index in [0.29, 0.717) is 19.4 Å². The van der Waals surface area contributed by atoms with Crippen LogP contribution in [0.5, 0.6) is 0 Å². The van der Waals surface area contributed by atoms with Gasteiger partial charge in [-0.2, -0.15) is 0 Å². The first-order valence-electron chi connectivity index (χ1n) is 42.2. The summed E-state index contributed by atoms with van der Waals surface area (Å²) < 4.78 is 16.8. The molecule has 1 amide bonds. The molecule has 0 radical (unpaired) electrons. The molecule has 1 saturated heterocycles. The van der Waals surface area contributed by atoms with Gasteiger partial charge in [0.1, 0.15) is 24.4 Å². The maximum absolute atomic E-state index is 13.1. The average Bonchev–Trinajstić information content (AvgIpc) is 0.833. The van der Waals surface area contributed by atoms with Crippen LogP contribution in [0.1, 0.15) is 406 Å². The fraction of sp³-hybridized carbons (Fsp3) is 0.839. The standard InChI is InChI=1S/C87H159NO10/c1-3-5-7-9-11-13-15-17-19-43-47-51-55-59-63-67-71-75-83(92)96-76-72-68-64-60-56-52-48-45-42-40-38-36-34-32-30-28-26-24-22-20-21-23-25-27-29-31-33-35-37-39-41-44-46-50-54-58-62-66-70-74-82(91)88-79(78-97-87-86(95)85(94)84(93)81(77-89)98-87)80(90)73-69-65-61-57-53-49-18-16-14-12-10-8-6-4-2/h11,13,17,19-21,24,26,53,57,69,73,79-81,84-87,89-90,93-95H,3-10,12,14-16,18,22-23,25,27-52,54-56,58-68,70-72,74-78H2,1-2H3,(H,88,91)/b13-11-,19-17-,21-20-,26-24-,57-53+,73-69+. The summed E-state index contributed by atoms with van der Waals surface area (Å²) in [6.45, 7) is 4.34. The lowest BCUT2D eigenvalue weighted by Gasteiger charge is -2.40. The van der Waals surface area contributed by atoms with Crippen molar-refractivity contribution in [2.45, 2.75) is 448 Å². The second-order valence-corrected chi connectivity index (χ2v) is 29.2. The Morgan fingerprint density at radius 3 is 1.09 bits per heavy atom. The zero-order valence-corrected chi connectivity index (χ0v) is 64.0. The minimum Gasteiger partial charge on any atom is -0.466 e. The van der Waals surface area contributed by atoms with E-state index < -0.39 is 49.5 Å². The lowest BCUT2D eigenvalue weighted by Crippen LogP contribution is -2.60. The molecule has 1 aliphatic heterocycles. The number of carbonyl (C=O) groups is 2. The van der Waals surface area contributed by atoms with Crippen LogP contribution < -0.4 is 5.32 Å². The zero-order valence-electron chi connectivity index (χ0n) is 64.0. The van der Waals surface area contributed by atoms with E-state index in [-0.39, 0.29) is 18.5 Å². The molecule has 0 aromatic rings.